The fraction of sp³-hybridized carbons (Fsp3) is 0.350. The molecule has 3 aromatic heterocycles. The van der Waals surface area contributed by atoms with E-state index in [0.29, 0.717) is 23.3 Å². The van der Waals surface area contributed by atoms with Crippen LogP contribution in [-0.4, -0.2) is 35.4 Å². The summed E-state index contributed by atoms with van der Waals surface area (Å²) < 4.78 is 53.9. The molecule has 1 atom stereocenters. The van der Waals surface area contributed by atoms with Crippen LogP contribution >= 0.6 is 0 Å². The van der Waals surface area contributed by atoms with Gasteiger partial charge in [-0.25, -0.2) is 9.97 Å². The number of pyridine rings is 2. The Bertz CT molecular complexity index is 1310. The molecule has 0 amide bonds. The lowest BCUT2D eigenvalue weighted by molar-refractivity contribution is -0.137. The predicted octanol–water partition coefficient (Wildman–Crippen LogP) is 3.70. The fourth-order valence-corrected chi connectivity index (χ4v) is 4.50. The fourth-order valence-electron chi connectivity index (χ4n) is 3.35. The highest BCUT2D eigenvalue weighted by Crippen LogP contribution is 2.48. The second-order valence-electron chi connectivity index (χ2n) is 7.42. The van der Waals surface area contributed by atoms with Gasteiger partial charge in [0.2, 0.25) is 0 Å². The molecule has 6 nitrogen and oxygen atoms in total. The van der Waals surface area contributed by atoms with Gasteiger partial charge in [-0.1, -0.05) is 6.92 Å². The predicted molar refractivity (Wildman–Crippen MR) is 107 cm³/mol. The topological polar surface area (TPSA) is 84.5 Å². The molecule has 30 heavy (non-hydrogen) atoms. The number of halogens is 3. The normalized spacial score (nSPS) is 17.5. The van der Waals surface area contributed by atoms with Crippen LogP contribution in [0.1, 0.15) is 30.9 Å². The molecule has 1 unspecified atom stereocenters. The second-order valence-corrected chi connectivity index (χ2v) is 10.1. The molecule has 0 bridgehead atoms. The van der Waals surface area contributed by atoms with Crippen LogP contribution in [0.4, 0.5) is 13.2 Å². The van der Waals surface area contributed by atoms with Gasteiger partial charge >= 0.3 is 6.18 Å². The number of rotatable bonds is 4. The Balaban J connectivity index is 1.95. The maximum Gasteiger partial charge on any atom is 0.417 e. The molecule has 1 aliphatic carbocycles. The van der Waals surface area contributed by atoms with E-state index in [4.69, 9.17) is 0 Å². The molecule has 0 aliphatic heterocycles. The van der Waals surface area contributed by atoms with Crippen LogP contribution in [0.3, 0.4) is 0 Å². The van der Waals surface area contributed by atoms with Crippen molar-refractivity contribution in [1.82, 2.24) is 19.5 Å². The van der Waals surface area contributed by atoms with Gasteiger partial charge in [-0.3, -0.25) is 9.19 Å². The van der Waals surface area contributed by atoms with Crippen molar-refractivity contribution in [2.45, 2.75) is 36.3 Å². The molecule has 0 saturated heterocycles. The van der Waals surface area contributed by atoms with Crippen LogP contribution in [0.5, 0.6) is 0 Å². The van der Waals surface area contributed by atoms with Gasteiger partial charge in [0, 0.05) is 25.2 Å². The van der Waals surface area contributed by atoms with E-state index in [2.05, 4.69) is 26.9 Å². The lowest BCUT2D eigenvalue weighted by Crippen LogP contribution is -2.12. The van der Waals surface area contributed by atoms with E-state index in [1.807, 2.05) is 0 Å². The Morgan fingerprint density at radius 2 is 2.00 bits per heavy atom. The molecule has 1 aliphatic rings. The van der Waals surface area contributed by atoms with Gasteiger partial charge in [-0.05, 0) is 45.9 Å². The van der Waals surface area contributed by atoms with Crippen molar-refractivity contribution in [3.05, 3.63) is 35.7 Å². The summed E-state index contributed by atoms with van der Waals surface area (Å²) in [5.41, 5.74) is -0.283. The van der Waals surface area contributed by atoms with E-state index in [9.17, 15) is 22.6 Å². The number of nitrogens with zero attached hydrogens (tertiary/aromatic N) is 5. The van der Waals surface area contributed by atoms with Crippen LogP contribution < -0.4 is 0 Å². The minimum atomic E-state index is -4.54. The van der Waals surface area contributed by atoms with Gasteiger partial charge in [-0.2, -0.15) is 18.4 Å². The van der Waals surface area contributed by atoms with E-state index in [1.165, 1.54) is 4.57 Å². The van der Waals surface area contributed by atoms with Gasteiger partial charge < -0.3 is 4.57 Å². The van der Waals surface area contributed by atoms with Crippen LogP contribution in [0.25, 0.3) is 22.7 Å². The van der Waals surface area contributed by atoms with Crippen LogP contribution in [-0.2, 0) is 28.2 Å². The Labute approximate surface area is 171 Å². The average Bonchev–Trinajstić information content (AvgIpc) is 3.45. The number of hydrogen-bond donors (Lipinski definition) is 0. The summed E-state index contributed by atoms with van der Waals surface area (Å²) in [6.07, 6.45) is -0.834. The lowest BCUT2D eigenvalue weighted by atomic mass is 9.99. The van der Waals surface area contributed by atoms with Crippen molar-refractivity contribution < 1.29 is 17.4 Å². The molecule has 3 heterocycles. The molecule has 10 heteroatoms. The first-order valence-corrected chi connectivity index (χ1v) is 11.1. The highest BCUT2D eigenvalue weighted by atomic mass is 32.2. The number of aryl methyl sites for hydroxylation is 1. The third-order valence-electron chi connectivity index (χ3n) is 5.48. The van der Waals surface area contributed by atoms with Gasteiger partial charge in [0.25, 0.3) is 0 Å². The highest BCUT2D eigenvalue weighted by molar-refractivity contribution is 8.00. The third-order valence-corrected chi connectivity index (χ3v) is 7.53. The highest BCUT2D eigenvalue weighted by Gasteiger charge is 2.45. The van der Waals surface area contributed by atoms with Gasteiger partial charge in [0.1, 0.15) is 11.2 Å². The molecule has 156 valence electrons. The summed E-state index contributed by atoms with van der Waals surface area (Å²) in [4.78, 5) is 13.0. The standard InChI is InChI=1S/C20H18F3N5OS/c1-4-30(3,29)15-8-12(19(11-24)5-6-19)9-25-16(15)18-27-14-7-13(20(21,22)23)10-26-17(14)28(18)2/h7-10H,3-6H2,1-2H3. The van der Waals surface area contributed by atoms with Gasteiger partial charge in [0.15, 0.2) is 11.5 Å². The minimum absolute atomic E-state index is 0.0573. The van der Waals surface area contributed by atoms with Crippen molar-refractivity contribution in [3.63, 3.8) is 0 Å². The largest absolute Gasteiger partial charge is 0.417 e. The Kier molecular flexibility index (Phi) is 4.43. The number of alkyl halides is 3. The number of fused-ring (bicyclic) bond motifs is 1. The van der Waals surface area contributed by atoms with E-state index >= 15 is 0 Å². The summed E-state index contributed by atoms with van der Waals surface area (Å²) in [5, 5.41) is 9.50. The third kappa shape index (κ3) is 3.13. The molecular formula is C20H18F3N5OS. The number of hydrogen-bond acceptors (Lipinski definition) is 5. The SMILES string of the molecule is C=S(=O)(CC)c1cc(C2(C#N)CC2)cnc1-c1nc2cc(C(F)(F)F)cnc2n1C. The van der Waals surface area contributed by atoms with E-state index < -0.39 is 26.7 Å². The molecule has 0 spiro atoms. The summed E-state index contributed by atoms with van der Waals surface area (Å²) >= 11 is 0. The van der Waals surface area contributed by atoms with Crippen LogP contribution in [0, 0.1) is 11.3 Å². The van der Waals surface area contributed by atoms with E-state index in [-0.39, 0.29) is 28.4 Å². The van der Waals surface area contributed by atoms with Crippen molar-refractivity contribution >= 4 is 26.6 Å². The minimum Gasteiger partial charge on any atom is -0.310 e. The molecule has 3 aromatic rings. The average molecular weight is 433 g/mol. The quantitative estimate of drug-likeness (QED) is 0.586. The van der Waals surface area contributed by atoms with Gasteiger partial charge in [0.05, 0.1) is 21.9 Å². The Morgan fingerprint density at radius 1 is 1.30 bits per heavy atom. The molecule has 0 aromatic carbocycles. The number of aromatic nitrogens is 4. The zero-order chi connectivity index (χ0) is 21.9. The smallest absolute Gasteiger partial charge is 0.310 e. The molecule has 0 radical (unpaired) electrons. The first-order valence-electron chi connectivity index (χ1n) is 9.19. The summed E-state index contributed by atoms with van der Waals surface area (Å²) in [6.45, 7) is 1.73. The van der Waals surface area contributed by atoms with Crippen LogP contribution in [0.2, 0.25) is 0 Å². The van der Waals surface area contributed by atoms with Crippen LogP contribution in [0.15, 0.2) is 29.4 Å². The summed E-state index contributed by atoms with van der Waals surface area (Å²) in [6, 6.07) is 4.90. The molecular weight excluding hydrogens is 415 g/mol. The Morgan fingerprint density at radius 3 is 2.57 bits per heavy atom. The maximum absolute atomic E-state index is 13.2. The second kappa shape index (κ2) is 6.54. The van der Waals surface area contributed by atoms with Gasteiger partial charge in [-0.15, -0.1) is 0 Å². The lowest BCUT2D eigenvalue weighted by Gasteiger charge is -2.15. The van der Waals surface area contributed by atoms with Crippen molar-refractivity contribution in [2.75, 3.05) is 5.75 Å². The summed E-state index contributed by atoms with van der Waals surface area (Å²) in [5.74, 6) is 4.33. The molecule has 4 rings (SSSR count). The van der Waals surface area contributed by atoms with E-state index in [1.54, 1.807) is 26.2 Å². The van der Waals surface area contributed by atoms with Crippen molar-refractivity contribution in [3.8, 4) is 17.6 Å². The monoisotopic (exact) mass is 433 g/mol. The molecule has 1 saturated carbocycles. The first kappa shape index (κ1) is 20.3. The zero-order valence-electron chi connectivity index (χ0n) is 16.3. The number of nitriles is 1. The maximum atomic E-state index is 13.2. The van der Waals surface area contributed by atoms with Crippen molar-refractivity contribution in [1.29, 1.82) is 5.26 Å². The summed E-state index contributed by atoms with van der Waals surface area (Å²) in [7, 11) is -1.14. The van der Waals surface area contributed by atoms with E-state index in [0.717, 1.165) is 12.3 Å². The molecule has 1 fully saturated rings. The van der Waals surface area contributed by atoms with Crippen molar-refractivity contribution in [2.24, 2.45) is 7.05 Å². The Hall–Kier alpha value is -2.93. The first-order chi connectivity index (χ1) is 14.0. The number of imidazole rings is 1. The zero-order valence-corrected chi connectivity index (χ0v) is 17.1. The molecule has 0 N–H and O–H groups in total.